The summed E-state index contributed by atoms with van der Waals surface area (Å²) in [5.74, 6) is 0.172. The summed E-state index contributed by atoms with van der Waals surface area (Å²) in [6.45, 7) is 6.01. The van der Waals surface area contributed by atoms with Gasteiger partial charge in [-0.1, -0.05) is 33.6 Å². The highest BCUT2D eigenvalue weighted by atomic mass is 35.5. The van der Waals surface area contributed by atoms with Crippen LogP contribution in [0.5, 0.6) is 0 Å². The SMILES string of the molecule is CCCC[C@@H](Cl)[C@H](Cl)C(O)C(C)C. The maximum Gasteiger partial charge on any atom is 0.0761 e. The predicted molar refractivity (Wildman–Crippen MR) is 59.7 cm³/mol. The van der Waals surface area contributed by atoms with Crippen molar-refractivity contribution in [3.8, 4) is 0 Å². The third-order valence-electron chi connectivity index (χ3n) is 2.19. The molecule has 0 aliphatic heterocycles. The Morgan fingerprint density at radius 2 is 1.77 bits per heavy atom. The first-order valence-corrected chi connectivity index (χ1v) is 5.84. The highest BCUT2D eigenvalue weighted by Crippen LogP contribution is 2.23. The molecule has 0 saturated carbocycles. The number of aliphatic hydroxyl groups is 1. The predicted octanol–water partition coefficient (Wildman–Crippen LogP) is 3.41. The molecule has 80 valence electrons. The Labute approximate surface area is 91.4 Å². The minimum Gasteiger partial charge on any atom is -0.391 e. The Morgan fingerprint density at radius 1 is 1.23 bits per heavy atom. The third kappa shape index (κ3) is 5.09. The highest BCUT2D eigenvalue weighted by Gasteiger charge is 2.26. The van der Waals surface area contributed by atoms with Crippen LogP contribution >= 0.6 is 23.2 Å². The van der Waals surface area contributed by atoms with Crippen molar-refractivity contribution in [1.29, 1.82) is 0 Å². The molecule has 0 radical (unpaired) electrons. The maximum atomic E-state index is 9.65. The molecular weight excluding hydrogens is 207 g/mol. The van der Waals surface area contributed by atoms with Gasteiger partial charge >= 0.3 is 0 Å². The van der Waals surface area contributed by atoms with E-state index in [-0.39, 0.29) is 16.7 Å². The Hall–Kier alpha value is 0.540. The van der Waals surface area contributed by atoms with Gasteiger partial charge in [0.15, 0.2) is 0 Å². The minimum atomic E-state index is -0.499. The molecule has 1 N–H and O–H groups in total. The van der Waals surface area contributed by atoms with E-state index in [9.17, 15) is 5.11 Å². The van der Waals surface area contributed by atoms with E-state index in [1.165, 1.54) is 0 Å². The lowest BCUT2D eigenvalue weighted by molar-refractivity contribution is 0.118. The van der Waals surface area contributed by atoms with E-state index in [4.69, 9.17) is 23.2 Å². The first kappa shape index (κ1) is 13.5. The van der Waals surface area contributed by atoms with Crippen LogP contribution in [0.2, 0.25) is 0 Å². The number of aliphatic hydroxyl groups excluding tert-OH is 1. The summed E-state index contributed by atoms with van der Waals surface area (Å²) in [6, 6.07) is 0. The van der Waals surface area contributed by atoms with Crippen LogP contribution in [0.25, 0.3) is 0 Å². The van der Waals surface area contributed by atoms with Crippen molar-refractivity contribution in [1.82, 2.24) is 0 Å². The number of unbranched alkanes of at least 4 members (excludes halogenated alkanes) is 1. The molecule has 0 aromatic rings. The molecule has 0 saturated heterocycles. The molecule has 0 aliphatic rings. The maximum absolute atomic E-state index is 9.65. The zero-order chi connectivity index (χ0) is 10.4. The molecule has 0 amide bonds. The second-order valence-corrected chi connectivity index (χ2v) is 4.90. The van der Waals surface area contributed by atoms with Gasteiger partial charge < -0.3 is 5.11 Å². The molecule has 0 fully saturated rings. The molecule has 3 heteroatoms. The standard InChI is InChI=1S/C10H20Cl2O/c1-4-5-6-8(11)9(12)10(13)7(2)3/h7-10,13H,4-6H2,1-3H3/t8-,9+,10?/m1/s1. The van der Waals surface area contributed by atoms with Crippen LogP contribution in [0, 0.1) is 5.92 Å². The quantitative estimate of drug-likeness (QED) is 0.689. The van der Waals surface area contributed by atoms with E-state index in [0.717, 1.165) is 19.3 Å². The summed E-state index contributed by atoms with van der Waals surface area (Å²) in [7, 11) is 0. The van der Waals surface area contributed by atoms with Gasteiger partial charge in [0.25, 0.3) is 0 Å². The van der Waals surface area contributed by atoms with Crippen molar-refractivity contribution in [3.05, 3.63) is 0 Å². The first-order valence-electron chi connectivity index (χ1n) is 4.96. The first-order chi connectivity index (χ1) is 6.00. The number of halogens is 2. The fourth-order valence-corrected chi connectivity index (χ4v) is 1.86. The molecule has 0 aromatic heterocycles. The fourth-order valence-electron chi connectivity index (χ4n) is 1.14. The van der Waals surface area contributed by atoms with Crippen LogP contribution in [-0.2, 0) is 0 Å². The summed E-state index contributed by atoms with van der Waals surface area (Å²) in [5.41, 5.74) is 0. The number of alkyl halides is 2. The van der Waals surface area contributed by atoms with E-state index >= 15 is 0 Å². The van der Waals surface area contributed by atoms with Crippen molar-refractivity contribution in [2.45, 2.75) is 56.9 Å². The van der Waals surface area contributed by atoms with Crippen molar-refractivity contribution < 1.29 is 5.11 Å². The Kier molecular flexibility index (Phi) is 7.20. The minimum absolute atomic E-state index is 0.112. The van der Waals surface area contributed by atoms with E-state index in [1.54, 1.807) is 0 Å². The molecular formula is C10H20Cl2O. The normalized spacial score (nSPS) is 18.7. The summed E-state index contributed by atoms with van der Waals surface area (Å²) in [6.07, 6.45) is 2.57. The Bertz CT molecular complexity index is 128. The molecule has 1 nitrogen and oxygen atoms in total. The van der Waals surface area contributed by atoms with Crippen LogP contribution < -0.4 is 0 Å². The molecule has 0 heterocycles. The van der Waals surface area contributed by atoms with E-state index in [1.807, 2.05) is 13.8 Å². The lowest BCUT2D eigenvalue weighted by atomic mass is 10.00. The Morgan fingerprint density at radius 3 is 2.15 bits per heavy atom. The molecule has 0 bridgehead atoms. The molecule has 0 aliphatic carbocycles. The van der Waals surface area contributed by atoms with E-state index in [2.05, 4.69) is 6.92 Å². The second-order valence-electron chi connectivity index (χ2n) is 3.84. The average molecular weight is 227 g/mol. The highest BCUT2D eigenvalue weighted by molar-refractivity contribution is 6.30. The topological polar surface area (TPSA) is 20.2 Å². The summed E-state index contributed by atoms with van der Waals surface area (Å²) >= 11 is 12.1. The summed E-state index contributed by atoms with van der Waals surface area (Å²) in [4.78, 5) is 0. The van der Waals surface area contributed by atoms with Gasteiger partial charge in [-0.2, -0.15) is 0 Å². The molecule has 0 spiro atoms. The zero-order valence-corrected chi connectivity index (χ0v) is 10.1. The van der Waals surface area contributed by atoms with E-state index in [0.29, 0.717) is 0 Å². The van der Waals surface area contributed by atoms with Crippen LogP contribution in [0.4, 0.5) is 0 Å². The number of hydrogen-bond donors (Lipinski definition) is 1. The van der Waals surface area contributed by atoms with Gasteiger partial charge in [0.2, 0.25) is 0 Å². The van der Waals surface area contributed by atoms with Crippen LogP contribution in [-0.4, -0.2) is 22.0 Å². The lowest BCUT2D eigenvalue weighted by Crippen LogP contribution is -2.33. The van der Waals surface area contributed by atoms with E-state index < -0.39 is 6.10 Å². The number of rotatable bonds is 6. The van der Waals surface area contributed by atoms with Gasteiger partial charge in [0.05, 0.1) is 16.9 Å². The summed E-state index contributed by atoms with van der Waals surface area (Å²) in [5, 5.41) is 9.21. The summed E-state index contributed by atoms with van der Waals surface area (Å²) < 4.78 is 0. The van der Waals surface area contributed by atoms with Crippen LogP contribution in [0.1, 0.15) is 40.0 Å². The average Bonchev–Trinajstić information content (AvgIpc) is 2.11. The van der Waals surface area contributed by atoms with Crippen molar-refractivity contribution in [2.24, 2.45) is 5.92 Å². The molecule has 13 heavy (non-hydrogen) atoms. The van der Waals surface area contributed by atoms with Crippen molar-refractivity contribution >= 4 is 23.2 Å². The van der Waals surface area contributed by atoms with Crippen LogP contribution in [0.15, 0.2) is 0 Å². The molecule has 0 rings (SSSR count). The largest absolute Gasteiger partial charge is 0.391 e. The molecule has 3 atom stereocenters. The van der Waals surface area contributed by atoms with Gasteiger partial charge in [-0.05, 0) is 12.3 Å². The Balaban J connectivity index is 3.86. The molecule has 0 aromatic carbocycles. The van der Waals surface area contributed by atoms with Gasteiger partial charge in [-0.25, -0.2) is 0 Å². The van der Waals surface area contributed by atoms with Crippen LogP contribution in [0.3, 0.4) is 0 Å². The monoisotopic (exact) mass is 226 g/mol. The molecule has 1 unspecified atom stereocenters. The van der Waals surface area contributed by atoms with Crippen molar-refractivity contribution in [3.63, 3.8) is 0 Å². The zero-order valence-electron chi connectivity index (χ0n) is 8.63. The van der Waals surface area contributed by atoms with Crippen molar-refractivity contribution in [2.75, 3.05) is 0 Å². The lowest BCUT2D eigenvalue weighted by Gasteiger charge is -2.24. The third-order valence-corrected chi connectivity index (χ3v) is 3.37. The number of hydrogen-bond acceptors (Lipinski definition) is 1. The van der Waals surface area contributed by atoms with Gasteiger partial charge in [-0.3, -0.25) is 0 Å². The fraction of sp³-hybridized carbons (Fsp3) is 1.00. The van der Waals surface area contributed by atoms with Gasteiger partial charge in [0, 0.05) is 0 Å². The van der Waals surface area contributed by atoms with Gasteiger partial charge in [0.1, 0.15) is 0 Å². The van der Waals surface area contributed by atoms with Gasteiger partial charge in [-0.15, -0.1) is 23.2 Å². The smallest absolute Gasteiger partial charge is 0.0761 e. The second kappa shape index (κ2) is 6.92.